The Bertz CT molecular complexity index is 499. The monoisotopic (exact) mass is 282 g/mol. The summed E-state index contributed by atoms with van der Waals surface area (Å²) < 4.78 is 5.30. The molecule has 0 saturated carbocycles. The predicted octanol–water partition coefficient (Wildman–Crippen LogP) is 2.49. The minimum Gasteiger partial charge on any atom is -0.484 e. The second kappa shape index (κ2) is 6.37. The molecule has 0 spiro atoms. The first-order valence-electron chi connectivity index (χ1n) is 5.27. The third-order valence-electron chi connectivity index (χ3n) is 2.10. The van der Waals surface area contributed by atoms with Crippen LogP contribution in [0.4, 0.5) is 0 Å². The molecule has 0 unspecified atom stereocenters. The number of nitrogens with one attached hydrogen (secondary N) is 1. The average Bonchev–Trinajstić information content (AvgIpc) is 2.89. The molecule has 6 heteroatoms. The quantitative estimate of drug-likeness (QED) is 0.917. The fraction of sp³-hybridized carbons (Fsp3) is 0.167. The Labute approximate surface area is 114 Å². The highest BCUT2D eigenvalue weighted by Gasteiger charge is 2.03. The Morgan fingerprint density at radius 1 is 1.39 bits per heavy atom. The Morgan fingerprint density at radius 2 is 2.17 bits per heavy atom. The van der Waals surface area contributed by atoms with Gasteiger partial charge in [0.1, 0.15) is 10.8 Å². The van der Waals surface area contributed by atoms with Crippen LogP contribution in [-0.2, 0) is 11.3 Å². The van der Waals surface area contributed by atoms with Crippen molar-refractivity contribution in [3.63, 3.8) is 0 Å². The number of aromatic nitrogens is 1. The normalized spacial score (nSPS) is 10.1. The Hall–Kier alpha value is -1.59. The van der Waals surface area contributed by atoms with Gasteiger partial charge in [0.25, 0.3) is 5.91 Å². The van der Waals surface area contributed by atoms with E-state index in [0.717, 1.165) is 5.01 Å². The summed E-state index contributed by atoms with van der Waals surface area (Å²) in [5, 5.41) is 6.10. The van der Waals surface area contributed by atoms with Gasteiger partial charge >= 0.3 is 0 Å². The first kappa shape index (κ1) is 12.9. The van der Waals surface area contributed by atoms with Gasteiger partial charge in [-0.3, -0.25) is 4.79 Å². The summed E-state index contributed by atoms with van der Waals surface area (Å²) in [6.07, 6.45) is 1.70. The van der Waals surface area contributed by atoms with Crippen molar-refractivity contribution in [2.45, 2.75) is 6.54 Å². The van der Waals surface area contributed by atoms with Crippen LogP contribution < -0.4 is 10.1 Å². The van der Waals surface area contributed by atoms with Gasteiger partial charge < -0.3 is 10.1 Å². The minimum atomic E-state index is -0.180. The van der Waals surface area contributed by atoms with Gasteiger partial charge in [0.05, 0.1) is 6.54 Å². The number of hydrogen-bond acceptors (Lipinski definition) is 4. The summed E-state index contributed by atoms with van der Waals surface area (Å²) in [4.78, 5) is 15.6. The van der Waals surface area contributed by atoms with Crippen LogP contribution in [0.25, 0.3) is 0 Å². The SMILES string of the molecule is O=C(COc1ccc(Cl)cc1)NCc1nccs1. The molecule has 2 rings (SSSR count). The molecule has 1 N–H and O–H groups in total. The van der Waals surface area contributed by atoms with Crippen molar-refractivity contribution in [2.75, 3.05) is 6.61 Å². The van der Waals surface area contributed by atoms with Crippen LogP contribution in [0, 0.1) is 0 Å². The fourth-order valence-corrected chi connectivity index (χ4v) is 1.93. The van der Waals surface area contributed by atoms with Crippen LogP contribution in [-0.4, -0.2) is 17.5 Å². The van der Waals surface area contributed by atoms with E-state index in [0.29, 0.717) is 17.3 Å². The number of benzene rings is 1. The summed E-state index contributed by atoms with van der Waals surface area (Å²) in [6.45, 7) is 0.410. The number of ether oxygens (including phenoxy) is 1. The van der Waals surface area contributed by atoms with E-state index in [1.165, 1.54) is 11.3 Å². The molecular weight excluding hydrogens is 272 g/mol. The van der Waals surface area contributed by atoms with E-state index < -0.39 is 0 Å². The Kier molecular flexibility index (Phi) is 4.55. The van der Waals surface area contributed by atoms with Crippen LogP contribution in [0.3, 0.4) is 0 Å². The first-order valence-corrected chi connectivity index (χ1v) is 6.53. The zero-order valence-corrected chi connectivity index (χ0v) is 11.0. The lowest BCUT2D eigenvalue weighted by atomic mass is 10.3. The van der Waals surface area contributed by atoms with Gasteiger partial charge in [0.15, 0.2) is 6.61 Å². The van der Waals surface area contributed by atoms with E-state index >= 15 is 0 Å². The van der Waals surface area contributed by atoms with Gasteiger partial charge in [-0.05, 0) is 24.3 Å². The molecule has 0 aliphatic heterocycles. The van der Waals surface area contributed by atoms with E-state index in [9.17, 15) is 4.79 Å². The lowest BCUT2D eigenvalue weighted by Crippen LogP contribution is -2.28. The molecular formula is C12H11ClN2O2S. The van der Waals surface area contributed by atoms with Crippen molar-refractivity contribution >= 4 is 28.8 Å². The molecule has 4 nitrogen and oxygen atoms in total. The number of carbonyl (C=O) groups excluding carboxylic acids is 1. The lowest BCUT2D eigenvalue weighted by Gasteiger charge is -2.06. The third kappa shape index (κ3) is 4.01. The zero-order valence-electron chi connectivity index (χ0n) is 9.43. The van der Waals surface area contributed by atoms with E-state index in [2.05, 4.69) is 10.3 Å². The number of rotatable bonds is 5. The van der Waals surface area contributed by atoms with Gasteiger partial charge in [-0.2, -0.15) is 0 Å². The van der Waals surface area contributed by atoms with Crippen molar-refractivity contribution in [2.24, 2.45) is 0 Å². The smallest absolute Gasteiger partial charge is 0.258 e. The number of hydrogen-bond donors (Lipinski definition) is 1. The van der Waals surface area contributed by atoms with Crippen molar-refractivity contribution in [1.29, 1.82) is 0 Å². The van der Waals surface area contributed by atoms with Crippen molar-refractivity contribution in [1.82, 2.24) is 10.3 Å². The van der Waals surface area contributed by atoms with Gasteiger partial charge in [0, 0.05) is 16.6 Å². The van der Waals surface area contributed by atoms with Gasteiger partial charge in [-0.15, -0.1) is 11.3 Å². The summed E-state index contributed by atoms with van der Waals surface area (Å²) in [7, 11) is 0. The predicted molar refractivity (Wildman–Crippen MR) is 70.9 cm³/mol. The highest BCUT2D eigenvalue weighted by atomic mass is 35.5. The van der Waals surface area contributed by atoms with Crippen LogP contribution in [0.15, 0.2) is 35.8 Å². The molecule has 0 saturated heterocycles. The van der Waals surface area contributed by atoms with E-state index in [4.69, 9.17) is 16.3 Å². The Morgan fingerprint density at radius 3 is 2.83 bits per heavy atom. The second-order valence-corrected chi connectivity index (χ2v) is 4.86. The summed E-state index contributed by atoms with van der Waals surface area (Å²) in [5.41, 5.74) is 0. The highest BCUT2D eigenvalue weighted by molar-refractivity contribution is 7.09. The van der Waals surface area contributed by atoms with Crippen LogP contribution in [0.2, 0.25) is 5.02 Å². The topological polar surface area (TPSA) is 51.2 Å². The van der Waals surface area contributed by atoms with Gasteiger partial charge in [-0.1, -0.05) is 11.6 Å². The van der Waals surface area contributed by atoms with Gasteiger partial charge in [-0.25, -0.2) is 4.98 Å². The largest absolute Gasteiger partial charge is 0.484 e. The van der Waals surface area contributed by atoms with Crippen molar-refractivity contribution in [3.8, 4) is 5.75 Å². The van der Waals surface area contributed by atoms with Crippen LogP contribution >= 0.6 is 22.9 Å². The molecule has 1 aromatic heterocycles. The van der Waals surface area contributed by atoms with E-state index in [-0.39, 0.29) is 12.5 Å². The first-order chi connectivity index (χ1) is 8.74. The number of thiazole rings is 1. The maximum absolute atomic E-state index is 11.5. The molecule has 18 heavy (non-hydrogen) atoms. The van der Waals surface area contributed by atoms with Crippen molar-refractivity contribution in [3.05, 3.63) is 45.9 Å². The lowest BCUT2D eigenvalue weighted by molar-refractivity contribution is -0.123. The van der Waals surface area contributed by atoms with E-state index in [1.54, 1.807) is 30.5 Å². The number of amides is 1. The third-order valence-corrected chi connectivity index (χ3v) is 3.14. The molecule has 1 amide bonds. The molecule has 0 fully saturated rings. The number of nitrogens with zero attached hydrogens (tertiary/aromatic N) is 1. The molecule has 0 bridgehead atoms. The molecule has 1 aromatic carbocycles. The van der Waals surface area contributed by atoms with Crippen LogP contribution in [0.1, 0.15) is 5.01 Å². The molecule has 0 aliphatic carbocycles. The Balaban J connectivity index is 1.73. The molecule has 0 atom stereocenters. The summed E-state index contributed by atoms with van der Waals surface area (Å²) in [6, 6.07) is 6.86. The number of halogens is 1. The fourth-order valence-electron chi connectivity index (χ4n) is 1.25. The number of carbonyl (C=O) groups is 1. The highest BCUT2D eigenvalue weighted by Crippen LogP contribution is 2.15. The molecule has 2 aromatic rings. The molecule has 1 heterocycles. The molecule has 0 aliphatic rings. The van der Waals surface area contributed by atoms with Crippen molar-refractivity contribution < 1.29 is 9.53 Å². The average molecular weight is 283 g/mol. The second-order valence-electron chi connectivity index (χ2n) is 3.45. The standard InChI is InChI=1S/C12H11ClN2O2S/c13-9-1-3-10(4-2-9)17-8-11(16)15-7-12-14-5-6-18-12/h1-6H,7-8H2,(H,15,16). The maximum atomic E-state index is 11.5. The van der Waals surface area contributed by atoms with E-state index in [1.807, 2.05) is 5.38 Å². The van der Waals surface area contributed by atoms with Gasteiger partial charge in [0.2, 0.25) is 0 Å². The maximum Gasteiger partial charge on any atom is 0.258 e. The molecule has 94 valence electrons. The molecule has 0 radical (unpaired) electrons. The van der Waals surface area contributed by atoms with Crippen LogP contribution in [0.5, 0.6) is 5.75 Å². The minimum absolute atomic E-state index is 0.0208. The summed E-state index contributed by atoms with van der Waals surface area (Å²) in [5.74, 6) is 0.434. The zero-order chi connectivity index (χ0) is 12.8. The summed E-state index contributed by atoms with van der Waals surface area (Å²) >= 11 is 7.24.